The van der Waals surface area contributed by atoms with Gasteiger partial charge in [-0.05, 0) is 53.4 Å². The Morgan fingerprint density at radius 3 is 2.46 bits per heavy atom. The van der Waals surface area contributed by atoms with Gasteiger partial charge in [-0.1, -0.05) is 90.1 Å². The van der Waals surface area contributed by atoms with Crippen LogP contribution in [0.25, 0.3) is 16.6 Å². The van der Waals surface area contributed by atoms with Crippen molar-refractivity contribution in [2.24, 2.45) is 0 Å². The molecular formula is C42H39N9O4W. The maximum Gasteiger partial charge on any atom is 0.334 e. The van der Waals surface area contributed by atoms with Crippen molar-refractivity contribution < 1.29 is 40.6 Å². The summed E-state index contributed by atoms with van der Waals surface area (Å²) in [7, 11) is 0. The number of aromatic hydroxyl groups is 1. The molecule has 13 nitrogen and oxygen atoms in total. The number of rotatable bonds is 8. The number of urea groups is 1. The van der Waals surface area contributed by atoms with Crippen LogP contribution in [-0.4, -0.2) is 87.5 Å². The van der Waals surface area contributed by atoms with Gasteiger partial charge in [-0.15, -0.1) is 5.10 Å². The summed E-state index contributed by atoms with van der Waals surface area (Å²) in [5.41, 5.74) is 6.98. The van der Waals surface area contributed by atoms with Gasteiger partial charge in [0.15, 0.2) is 0 Å². The van der Waals surface area contributed by atoms with Crippen molar-refractivity contribution in [1.82, 2.24) is 45.1 Å². The first-order valence-electron chi connectivity index (χ1n) is 18.4. The second-order valence-corrected chi connectivity index (χ2v) is 14.3. The molecule has 282 valence electrons. The Bertz CT molecular complexity index is 2420. The molecule has 4 aromatic carbocycles. The van der Waals surface area contributed by atoms with Gasteiger partial charge in [-0.3, -0.25) is 14.6 Å². The zero-order chi connectivity index (χ0) is 37.6. The third-order valence-electron chi connectivity index (χ3n) is 10.9. The summed E-state index contributed by atoms with van der Waals surface area (Å²) in [4.78, 5) is 52.1. The third-order valence-corrected chi connectivity index (χ3v) is 10.9. The van der Waals surface area contributed by atoms with Crippen LogP contribution >= 0.6 is 0 Å². The monoisotopic (exact) mass is 917 g/mol. The van der Waals surface area contributed by atoms with E-state index in [1.807, 2.05) is 90.5 Å². The number of carbonyl (C=O) groups is 3. The van der Waals surface area contributed by atoms with Crippen molar-refractivity contribution in [2.75, 3.05) is 6.54 Å². The van der Waals surface area contributed by atoms with Gasteiger partial charge >= 0.3 is 6.03 Å². The number of nitrogens with one attached hydrogen (secondary N) is 1. The first-order chi connectivity index (χ1) is 26.8. The number of hydrogen-bond donors (Lipinski definition) is 2. The first kappa shape index (κ1) is 37.0. The van der Waals surface area contributed by atoms with Crippen LogP contribution in [-0.2, 0) is 63.1 Å². The molecule has 5 heterocycles. The minimum atomic E-state index is -0.930. The van der Waals surface area contributed by atoms with Crippen LogP contribution in [0.3, 0.4) is 0 Å². The number of phenols is 1. The fourth-order valence-corrected chi connectivity index (χ4v) is 8.24. The van der Waals surface area contributed by atoms with E-state index in [0.29, 0.717) is 12.1 Å². The molecule has 9 rings (SSSR count). The predicted molar refractivity (Wildman–Crippen MR) is 203 cm³/mol. The number of amides is 4. The van der Waals surface area contributed by atoms with Crippen molar-refractivity contribution in [2.45, 2.75) is 57.6 Å². The number of para-hydroxylation sites is 2. The van der Waals surface area contributed by atoms with Gasteiger partial charge in [-0.2, -0.15) is 5.01 Å². The average molecular weight is 918 g/mol. The molecule has 0 spiro atoms. The van der Waals surface area contributed by atoms with Gasteiger partial charge in [0.1, 0.15) is 23.7 Å². The Hall–Kier alpha value is -5.91. The predicted octanol–water partition coefficient (Wildman–Crippen LogP) is 4.56. The third kappa shape index (κ3) is 6.71. The van der Waals surface area contributed by atoms with E-state index in [9.17, 15) is 19.5 Å². The van der Waals surface area contributed by atoms with E-state index in [1.54, 1.807) is 50.3 Å². The molecule has 3 aliphatic heterocycles. The quantitative estimate of drug-likeness (QED) is 0.227. The molecule has 2 saturated heterocycles. The normalized spacial score (nSPS) is 19.0. The smallest absolute Gasteiger partial charge is 0.334 e. The first-order valence-corrected chi connectivity index (χ1v) is 18.4. The van der Waals surface area contributed by atoms with Crippen LogP contribution in [0.15, 0.2) is 115 Å². The fraction of sp³-hybridized carbons (Fsp3) is 0.238. The van der Waals surface area contributed by atoms with E-state index in [2.05, 4.69) is 26.7 Å². The Labute approximate surface area is 337 Å². The molecule has 2 aromatic heterocycles. The molecule has 6 aromatic rings. The maximum atomic E-state index is 14.8. The Morgan fingerprint density at radius 1 is 0.875 bits per heavy atom. The van der Waals surface area contributed by atoms with Crippen LogP contribution in [0.4, 0.5) is 4.79 Å². The second-order valence-electron chi connectivity index (χ2n) is 14.3. The minimum absolute atomic E-state index is 0. The molecule has 14 heteroatoms. The molecular weight excluding hydrogens is 878 g/mol. The van der Waals surface area contributed by atoms with Crippen molar-refractivity contribution in [3.8, 4) is 11.4 Å². The van der Waals surface area contributed by atoms with Gasteiger partial charge in [0.2, 0.25) is 11.8 Å². The number of carbonyl (C=O) groups excluding carboxylic acids is 3. The topological polar surface area (TPSA) is 140 Å². The number of hydrazine groups is 1. The van der Waals surface area contributed by atoms with Crippen LogP contribution in [0, 0.1) is 0 Å². The summed E-state index contributed by atoms with van der Waals surface area (Å²) in [6.07, 6.45) is 1.68. The number of pyridine rings is 1. The molecule has 56 heavy (non-hydrogen) atoms. The molecule has 0 bridgehead atoms. The van der Waals surface area contributed by atoms with Crippen LogP contribution in [0.5, 0.6) is 5.75 Å². The number of fused-ring (bicyclic) bond motifs is 5. The summed E-state index contributed by atoms with van der Waals surface area (Å²) < 4.78 is 1.83. The molecule has 0 aliphatic carbocycles. The summed E-state index contributed by atoms with van der Waals surface area (Å²) in [6.45, 7) is 2.36. The standard InChI is InChI=1S/C42H39N9O4.W/c1-27-40-49(37(21-28-16-18-33(52)19-17-28)41(54)48(27)24-32-13-7-12-30-14-8-20-43-39(30)32)38(53)26-47(51(40)42(55)44-23-29-9-3-2-4-10-29)25-34-36-22-31-11-5-6-15-35(31)50(36)46-45-34;/h2-20,27,37,40,52H,21-26H2,1H3,(H,44,55);/t27-,37?,40-;/m0./s1. The molecule has 1 unspecified atom stereocenters. The molecule has 3 aliphatic rings. The number of phenolic OH excluding ortho intramolecular Hbond substituents is 1. The SMILES string of the molecule is C[C@H]1[C@H]2N(C(=O)CN(Cc3nnn4c3Cc3ccccc3-4)N2C(=O)NCc2ccccc2)C(Cc2ccc(O)cc2)C(=O)N1Cc1cccc2cccnc12.[W]. The molecule has 4 amide bonds. The summed E-state index contributed by atoms with van der Waals surface area (Å²) in [5.74, 6) is -0.408. The Balaban J connectivity index is 0.00000441. The Morgan fingerprint density at radius 2 is 1.64 bits per heavy atom. The van der Waals surface area contributed by atoms with E-state index in [-0.39, 0.29) is 71.2 Å². The van der Waals surface area contributed by atoms with Crippen LogP contribution in [0.2, 0.25) is 0 Å². The molecule has 0 radical (unpaired) electrons. The fourth-order valence-electron chi connectivity index (χ4n) is 8.24. The van der Waals surface area contributed by atoms with Gasteiger partial charge in [-0.25, -0.2) is 14.5 Å². The largest absolute Gasteiger partial charge is 0.508 e. The van der Waals surface area contributed by atoms with Crippen molar-refractivity contribution >= 4 is 28.7 Å². The number of nitrogens with zero attached hydrogens (tertiary/aromatic N) is 8. The van der Waals surface area contributed by atoms with Crippen LogP contribution < -0.4 is 5.32 Å². The van der Waals surface area contributed by atoms with Crippen molar-refractivity contribution in [1.29, 1.82) is 0 Å². The van der Waals surface area contributed by atoms with Crippen LogP contribution in [0.1, 0.15) is 40.6 Å². The zero-order valence-electron chi connectivity index (χ0n) is 30.6. The minimum Gasteiger partial charge on any atom is -0.508 e. The van der Waals surface area contributed by atoms with Gasteiger partial charge in [0.25, 0.3) is 0 Å². The van der Waals surface area contributed by atoms with Crippen molar-refractivity contribution in [3.05, 3.63) is 149 Å². The van der Waals surface area contributed by atoms with Gasteiger partial charge in [0, 0.05) is 58.6 Å². The van der Waals surface area contributed by atoms with E-state index in [1.165, 1.54) is 0 Å². The molecule has 0 saturated carbocycles. The average Bonchev–Trinajstić information content (AvgIpc) is 3.78. The molecule has 2 N–H and O–H groups in total. The second kappa shape index (κ2) is 15.3. The van der Waals surface area contributed by atoms with E-state index in [0.717, 1.165) is 44.5 Å². The number of aromatic nitrogens is 4. The molecule has 3 atom stereocenters. The molecule has 2 fully saturated rings. The van der Waals surface area contributed by atoms with Gasteiger partial charge < -0.3 is 20.2 Å². The number of hydrogen-bond acceptors (Lipinski definition) is 8. The van der Waals surface area contributed by atoms with E-state index in [4.69, 9.17) is 0 Å². The maximum absolute atomic E-state index is 14.8. The zero-order valence-corrected chi connectivity index (χ0v) is 33.5. The summed E-state index contributed by atoms with van der Waals surface area (Å²) in [5, 5.41) is 26.5. The number of piperazine rings is 1. The van der Waals surface area contributed by atoms with E-state index >= 15 is 0 Å². The summed E-state index contributed by atoms with van der Waals surface area (Å²) >= 11 is 0. The number of benzene rings is 4. The van der Waals surface area contributed by atoms with E-state index < -0.39 is 24.3 Å². The Kier molecular flexibility index (Phi) is 10.1. The van der Waals surface area contributed by atoms with Gasteiger partial charge in [0.05, 0.1) is 36.0 Å². The van der Waals surface area contributed by atoms with Crippen molar-refractivity contribution in [3.63, 3.8) is 0 Å². The summed E-state index contributed by atoms with van der Waals surface area (Å²) in [6, 6.07) is 32.1.